The Morgan fingerprint density at radius 2 is 2.10 bits per heavy atom. The van der Waals surface area contributed by atoms with Crippen molar-refractivity contribution in [2.24, 2.45) is 5.41 Å². The molecular weight excluding hydrogens is 276 g/mol. The second-order valence-corrected chi connectivity index (χ2v) is 7.10. The van der Waals surface area contributed by atoms with Gasteiger partial charge in [-0.3, -0.25) is 0 Å². The standard InChI is InChI=1S/C14H20N2O3S/c1-13(2)18-9-14(10-19-13)7-16(8-14)12(17)15-6-11-4-3-5-20-11/h3-5H,6-10H2,1-2H3,(H,15,17). The van der Waals surface area contributed by atoms with Crippen molar-refractivity contribution >= 4 is 17.4 Å². The SMILES string of the molecule is CC1(C)OCC2(CO1)CN(C(=O)NCc1cccs1)C2. The Balaban J connectivity index is 1.44. The van der Waals surface area contributed by atoms with Gasteiger partial charge in [-0.15, -0.1) is 11.3 Å². The normalized spacial score (nSPS) is 23.4. The highest BCUT2D eigenvalue weighted by molar-refractivity contribution is 7.09. The minimum absolute atomic E-state index is 0.00417. The lowest BCUT2D eigenvalue weighted by molar-refractivity contribution is -0.301. The molecule has 0 radical (unpaired) electrons. The Morgan fingerprint density at radius 3 is 2.70 bits per heavy atom. The van der Waals surface area contributed by atoms with Gasteiger partial charge in [-0.2, -0.15) is 0 Å². The molecule has 2 aliphatic rings. The van der Waals surface area contributed by atoms with E-state index in [1.165, 1.54) is 4.88 Å². The fraction of sp³-hybridized carbons (Fsp3) is 0.643. The lowest BCUT2D eigenvalue weighted by Gasteiger charge is -2.53. The van der Waals surface area contributed by atoms with Gasteiger partial charge in [0, 0.05) is 18.0 Å². The first-order valence-electron chi connectivity index (χ1n) is 6.81. The first-order valence-corrected chi connectivity index (χ1v) is 7.69. The maximum Gasteiger partial charge on any atom is 0.317 e. The molecule has 3 heterocycles. The summed E-state index contributed by atoms with van der Waals surface area (Å²) in [6, 6.07) is 4.00. The number of urea groups is 1. The summed E-state index contributed by atoms with van der Waals surface area (Å²) in [5.41, 5.74) is -0.00417. The van der Waals surface area contributed by atoms with E-state index < -0.39 is 5.79 Å². The molecule has 1 aromatic heterocycles. The van der Waals surface area contributed by atoms with Crippen LogP contribution in [0.4, 0.5) is 4.79 Å². The van der Waals surface area contributed by atoms with Gasteiger partial charge >= 0.3 is 6.03 Å². The summed E-state index contributed by atoms with van der Waals surface area (Å²) in [4.78, 5) is 15.0. The molecule has 2 fully saturated rings. The average molecular weight is 296 g/mol. The lowest BCUT2D eigenvalue weighted by Crippen LogP contribution is -2.67. The van der Waals surface area contributed by atoms with Gasteiger partial charge in [0.2, 0.25) is 0 Å². The average Bonchev–Trinajstić information content (AvgIpc) is 2.87. The van der Waals surface area contributed by atoms with Gasteiger partial charge in [0.05, 0.1) is 25.2 Å². The number of thiophene rings is 1. The predicted octanol–water partition coefficient (Wildman–Crippen LogP) is 2.04. The number of ether oxygens (including phenoxy) is 2. The molecule has 1 N–H and O–H groups in total. The van der Waals surface area contributed by atoms with E-state index in [9.17, 15) is 4.79 Å². The molecule has 0 aromatic carbocycles. The Kier molecular flexibility index (Phi) is 3.48. The first-order chi connectivity index (χ1) is 9.48. The zero-order valence-corrected chi connectivity index (χ0v) is 12.7. The smallest absolute Gasteiger partial charge is 0.317 e. The van der Waals surface area contributed by atoms with Crippen LogP contribution in [0.2, 0.25) is 0 Å². The van der Waals surface area contributed by atoms with Gasteiger partial charge in [0.1, 0.15) is 0 Å². The number of amides is 2. The van der Waals surface area contributed by atoms with Crippen molar-refractivity contribution in [3.63, 3.8) is 0 Å². The molecule has 0 aliphatic carbocycles. The molecule has 20 heavy (non-hydrogen) atoms. The van der Waals surface area contributed by atoms with E-state index >= 15 is 0 Å². The number of carbonyl (C=O) groups excluding carboxylic acids is 1. The highest BCUT2D eigenvalue weighted by Crippen LogP contribution is 2.37. The Bertz CT molecular complexity index is 469. The number of nitrogens with one attached hydrogen (secondary N) is 1. The largest absolute Gasteiger partial charge is 0.350 e. The zero-order valence-electron chi connectivity index (χ0n) is 11.8. The molecule has 0 saturated carbocycles. The van der Waals surface area contributed by atoms with Crippen molar-refractivity contribution in [2.75, 3.05) is 26.3 Å². The van der Waals surface area contributed by atoms with Crippen LogP contribution in [0.3, 0.4) is 0 Å². The van der Waals surface area contributed by atoms with Gasteiger partial charge in [-0.1, -0.05) is 6.07 Å². The number of hydrogen-bond acceptors (Lipinski definition) is 4. The van der Waals surface area contributed by atoms with E-state index in [0.29, 0.717) is 32.8 Å². The van der Waals surface area contributed by atoms with Gasteiger partial charge in [-0.25, -0.2) is 4.79 Å². The summed E-state index contributed by atoms with van der Waals surface area (Å²) in [5.74, 6) is -0.493. The van der Waals surface area contributed by atoms with Crippen LogP contribution in [-0.2, 0) is 16.0 Å². The maximum atomic E-state index is 12.0. The Morgan fingerprint density at radius 1 is 1.40 bits per heavy atom. The minimum atomic E-state index is -0.493. The van der Waals surface area contributed by atoms with Crippen LogP contribution >= 0.6 is 11.3 Å². The van der Waals surface area contributed by atoms with E-state index in [0.717, 1.165) is 0 Å². The number of rotatable bonds is 2. The van der Waals surface area contributed by atoms with Gasteiger partial charge in [-0.05, 0) is 25.3 Å². The molecule has 2 saturated heterocycles. The second kappa shape index (κ2) is 5.02. The van der Waals surface area contributed by atoms with Crippen molar-refractivity contribution in [3.8, 4) is 0 Å². The molecule has 1 aromatic rings. The third-order valence-electron chi connectivity index (χ3n) is 3.79. The van der Waals surface area contributed by atoms with Crippen LogP contribution in [0.1, 0.15) is 18.7 Å². The highest BCUT2D eigenvalue weighted by Gasteiger charge is 2.50. The summed E-state index contributed by atoms with van der Waals surface area (Å²) in [5, 5.41) is 4.95. The molecule has 3 rings (SSSR count). The van der Waals surface area contributed by atoms with Crippen LogP contribution in [0.25, 0.3) is 0 Å². The quantitative estimate of drug-likeness (QED) is 0.908. The number of carbonyl (C=O) groups is 1. The van der Waals surface area contributed by atoms with Crippen molar-refractivity contribution in [2.45, 2.75) is 26.2 Å². The van der Waals surface area contributed by atoms with Crippen LogP contribution < -0.4 is 5.32 Å². The summed E-state index contributed by atoms with van der Waals surface area (Å²) < 4.78 is 11.4. The summed E-state index contributed by atoms with van der Waals surface area (Å²) >= 11 is 1.65. The molecular formula is C14H20N2O3S. The third kappa shape index (κ3) is 2.82. The fourth-order valence-corrected chi connectivity index (χ4v) is 3.16. The number of likely N-dealkylation sites (tertiary alicyclic amines) is 1. The summed E-state index contributed by atoms with van der Waals surface area (Å²) in [7, 11) is 0. The minimum Gasteiger partial charge on any atom is -0.350 e. The number of nitrogens with zero attached hydrogens (tertiary/aromatic N) is 1. The van der Waals surface area contributed by atoms with Crippen LogP contribution in [0.15, 0.2) is 17.5 Å². The molecule has 2 amide bonds. The van der Waals surface area contributed by atoms with Gasteiger partial charge in [0.25, 0.3) is 0 Å². The second-order valence-electron chi connectivity index (χ2n) is 6.07. The Hall–Kier alpha value is -1.11. The summed E-state index contributed by atoms with van der Waals surface area (Å²) in [6.45, 7) is 7.18. The molecule has 5 nitrogen and oxygen atoms in total. The van der Waals surface area contributed by atoms with Crippen LogP contribution in [-0.4, -0.2) is 43.0 Å². The summed E-state index contributed by atoms with van der Waals surface area (Å²) in [6.07, 6.45) is 0. The van der Waals surface area contributed by atoms with Crippen molar-refractivity contribution < 1.29 is 14.3 Å². The van der Waals surface area contributed by atoms with Crippen LogP contribution in [0.5, 0.6) is 0 Å². The van der Waals surface area contributed by atoms with Crippen molar-refractivity contribution in [1.29, 1.82) is 0 Å². The topological polar surface area (TPSA) is 50.8 Å². The predicted molar refractivity (Wildman–Crippen MR) is 76.5 cm³/mol. The monoisotopic (exact) mass is 296 g/mol. The highest BCUT2D eigenvalue weighted by atomic mass is 32.1. The zero-order chi connectivity index (χ0) is 14.2. The molecule has 0 atom stereocenters. The first kappa shape index (κ1) is 13.9. The van der Waals surface area contributed by atoms with Crippen molar-refractivity contribution in [1.82, 2.24) is 10.2 Å². The van der Waals surface area contributed by atoms with E-state index in [2.05, 4.69) is 5.32 Å². The maximum absolute atomic E-state index is 12.0. The van der Waals surface area contributed by atoms with Gasteiger partial charge < -0.3 is 19.7 Å². The molecule has 1 spiro atoms. The molecule has 110 valence electrons. The molecule has 2 aliphatic heterocycles. The van der Waals surface area contributed by atoms with Crippen LogP contribution in [0, 0.1) is 5.41 Å². The lowest BCUT2D eigenvalue weighted by atomic mass is 9.81. The van der Waals surface area contributed by atoms with E-state index in [1.54, 1.807) is 11.3 Å². The van der Waals surface area contributed by atoms with Crippen molar-refractivity contribution in [3.05, 3.63) is 22.4 Å². The molecule has 6 heteroatoms. The van der Waals surface area contributed by atoms with E-state index in [1.807, 2.05) is 36.3 Å². The van der Waals surface area contributed by atoms with Gasteiger partial charge in [0.15, 0.2) is 5.79 Å². The molecule has 0 bridgehead atoms. The third-order valence-corrected chi connectivity index (χ3v) is 4.66. The Labute approximate surface area is 122 Å². The number of hydrogen-bond donors (Lipinski definition) is 1. The van der Waals surface area contributed by atoms with E-state index in [4.69, 9.17) is 9.47 Å². The fourth-order valence-electron chi connectivity index (χ4n) is 2.51. The molecule has 0 unspecified atom stereocenters. The van der Waals surface area contributed by atoms with E-state index in [-0.39, 0.29) is 11.4 Å².